The van der Waals surface area contributed by atoms with Crippen LogP contribution in [0.4, 0.5) is 0 Å². The Morgan fingerprint density at radius 1 is 1.18 bits per heavy atom. The molecule has 124 valence electrons. The highest BCUT2D eigenvalue weighted by Gasteiger charge is 2.38. The minimum Gasteiger partial charge on any atom is -0.393 e. The summed E-state index contributed by atoms with van der Waals surface area (Å²) in [6, 6.07) is 0.331. The predicted molar refractivity (Wildman–Crippen MR) is 82.1 cm³/mol. The van der Waals surface area contributed by atoms with Gasteiger partial charge in [-0.3, -0.25) is 14.5 Å². The zero-order valence-corrected chi connectivity index (χ0v) is 13.2. The summed E-state index contributed by atoms with van der Waals surface area (Å²) in [5, 5.41) is 13.0. The van der Waals surface area contributed by atoms with E-state index in [4.69, 9.17) is 0 Å². The Hall–Kier alpha value is -1.14. The molecule has 0 spiro atoms. The van der Waals surface area contributed by atoms with Gasteiger partial charge in [0.15, 0.2) is 0 Å². The highest BCUT2D eigenvalue weighted by molar-refractivity contribution is 5.86. The van der Waals surface area contributed by atoms with Gasteiger partial charge in [-0.2, -0.15) is 0 Å². The maximum absolute atomic E-state index is 12.5. The van der Waals surface area contributed by atoms with Crippen LogP contribution in [-0.2, 0) is 9.59 Å². The number of aliphatic hydroxyl groups is 1. The first-order valence-electron chi connectivity index (χ1n) is 8.62. The number of aliphatic hydroxyl groups excluding tert-OH is 1. The van der Waals surface area contributed by atoms with E-state index in [1.807, 2.05) is 0 Å². The quantitative estimate of drug-likeness (QED) is 0.767. The molecule has 6 heteroatoms. The predicted octanol–water partition coefficient (Wildman–Crippen LogP) is -0.0397. The Bertz CT molecular complexity index is 429. The van der Waals surface area contributed by atoms with E-state index in [1.165, 1.54) is 6.42 Å². The molecular weight excluding hydrogens is 282 g/mol. The van der Waals surface area contributed by atoms with Crippen LogP contribution >= 0.6 is 0 Å². The summed E-state index contributed by atoms with van der Waals surface area (Å²) >= 11 is 0. The van der Waals surface area contributed by atoms with Gasteiger partial charge in [-0.05, 0) is 32.2 Å². The van der Waals surface area contributed by atoms with Crippen LogP contribution in [0.3, 0.4) is 0 Å². The summed E-state index contributed by atoms with van der Waals surface area (Å²) in [6.45, 7) is 2.66. The zero-order chi connectivity index (χ0) is 15.5. The lowest BCUT2D eigenvalue weighted by atomic mass is 9.80. The largest absolute Gasteiger partial charge is 0.393 e. The first-order chi connectivity index (χ1) is 10.6. The van der Waals surface area contributed by atoms with Gasteiger partial charge in [0.2, 0.25) is 11.8 Å². The lowest BCUT2D eigenvalue weighted by molar-refractivity contribution is -0.139. The van der Waals surface area contributed by atoms with Crippen molar-refractivity contribution in [2.75, 3.05) is 32.7 Å². The molecule has 1 saturated carbocycles. The number of hydrogen-bond donors (Lipinski definition) is 2. The normalized spacial score (nSPS) is 33.8. The van der Waals surface area contributed by atoms with Gasteiger partial charge in [-0.1, -0.05) is 12.8 Å². The maximum Gasteiger partial charge on any atom is 0.239 e. The number of amides is 2. The molecule has 2 heterocycles. The van der Waals surface area contributed by atoms with E-state index in [0.29, 0.717) is 31.6 Å². The molecule has 0 bridgehead atoms. The SMILES string of the molecule is O=C1CN(C(=O)CN2CCC[C@@H]2[C@H]2CCCC[C@@H]2O)CCN1. The number of nitrogens with one attached hydrogen (secondary N) is 1. The fourth-order valence-corrected chi connectivity index (χ4v) is 4.25. The van der Waals surface area contributed by atoms with E-state index in [-0.39, 0.29) is 24.5 Å². The smallest absolute Gasteiger partial charge is 0.239 e. The van der Waals surface area contributed by atoms with Crippen LogP contribution in [-0.4, -0.2) is 71.6 Å². The summed E-state index contributed by atoms with van der Waals surface area (Å²) in [4.78, 5) is 27.8. The molecular formula is C16H27N3O3. The second-order valence-electron chi connectivity index (χ2n) is 6.86. The lowest BCUT2D eigenvalue weighted by Gasteiger charge is -2.38. The molecule has 0 aromatic heterocycles. The van der Waals surface area contributed by atoms with E-state index in [9.17, 15) is 14.7 Å². The fourth-order valence-electron chi connectivity index (χ4n) is 4.25. The van der Waals surface area contributed by atoms with Gasteiger partial charge in [0, 0.05) is 25.0 Å². The van der Waals surface area contributed by atoms with Crippen molar-refractivity contribution < 1.29 is 14.7 Å². The average molecular weight is 309 g/mol. The molecule has 0 unspecified atom stereocenters. The Kier molecular flexibility index (Phi) is 4.98. The fraction of sp³-hybridized carbons (Fsp3) is 0.875. The first kappa shape index (κ1) is 15.7. The summed E-state index contributed by atoms with van der Waals surface area (Å²) in [5.41, 5.74) is 0. The molecule has 2 N–H and O–H groups in total. The Morgan fingerprint density at radius 2 is 2.00 bits per heavy atom. The van der Waals surface area contributed by atoms with Crippen molar-refractivity contribution in [2.24, 2.45) is 5.92 Å². The zero-order valence-electron chi connectivity index (χ0n) is 13.2. The number of nitrogens with zero attached hydrogens (tertiary/aromatic N) is 2. The molecule has 0 aromatic rings. The van der Waals surface area contributed by atoms with E-state index in [1.54, 1.807) is 4.90 Å². The second-order valence-corrected chi connectivity index (χ2v) is 6.86. The highest BCUT2D eigenvalue weighted by atomic mass is 16.3. The third-order valence-corrected chi connectivity index (χ3v) is 5.42. The number of piperazine rings is 1. The molecule has 3 rings (SSSR count). The third kappa shape index (κ3) is 3.43. The number of rotatable bonds is 3. The van der Waals surface area contributed by atoms with Crippen molar-refractivity contribution >= 4 is 11.8 Å². The van der Waals surface area contributed by atoms with Crippen molar-refractivity contribution in [3.63, 3.8) is 0 Å². The number of hydrogen-bond acceptors (Lipinski definition) is 4. The summed E-state index contributed by atoms with van der Waals surface area (Å²) in [5.74, 6) is 0.293. The number of likely N-dealkylation sites (tertiary alicyclic amines) is 1. The molecule has 2 amide bonds. The highest BCUT2D eigenvalue weighted by Crippen LogP contribution is 2.34. The van der Waals surface area contributed by atoms with Gasteiger partial charge in [0.05, 0.1) is 19.2 Å². The summed E-state index contributed by atoms with van der Waals surface area (Å²) in [7, 11) is 0. The average Bonchev–Trinajstić information content (AvgIpc) is 2.95. The first-order valence-corrected chi connectivity index (χ1v) is 8.62. The molecule has 2 saturated heterocycles. The summed E-state index contributed by atoms with van der Waals surface area (Å²) in [6.07, 6.45) is 6.24. The van der Waals surface area contributed by atoms with Gasteiger partial charge in [0.25, 0.3) is 0 Å². The molecule has 3 atom stereocenters. The van der Waals surface area contributed by atoms with E-state index in [0.717, 1.165) is 38.6 Å². The number of carbonyl (C=O) groups is 2. The van der Waals surface area contributed by atoms with Crippen molar-refractivity contribution in [2.45, 2.75) is 50.7 Å². The molecule has 6 nitrogen and oxygen atoms in total. The lowest BCUT2D eigenvalue weighted by Crippen LogP contribution is -2.53. The van der Waals surface area contributed by atoms with Crippen LogP contribution in [0, 0.1) is 5.92 Å². The van der Waals surface area contributed by atoms with Crippen molar-refractivity contribution in [3.8, 4) is 0 Å². The van der Waals surface area contributed by atoms with Crippen LogP contribution in [0.5, 0.6) is 0 Å². The molecule has 2 aliphatic heterocycles. The van der Waals surface area contributed by atoms with E-state index >= 15 is 0 Å². The Balaban J connectivity index is 1.58. The Morgan fingerprint density at radius 3 is 2.77 bits per heavy atom. The van der Waals surface area contributed by atoms with Gasteiger partial charge in [0.1, 0.15) is 0 Å². The monoisotopic (exact) mass is 309 g/mol. The van der Waals surface area contributed by atoms with Crippen molar-refractivity contribution in [3.05, 3.63) is 0 Å². The van der Waals surface area contributed by atoms with Crippen LogP contribution in [0.15, 0.2) is 0 Å². The van der Waals surface area contributed by atoms with E-state index < -0.39 is 0 Å². The van der Waals surface area contributed by atoms with Gasteiger partial charge < -0.3 is 15.3 Å². The van der Waals surface area contributed by atoms with Crippen molar-refractivity contribution in [1.29, 1.82) is 0 Å². The Labute approximate surface area is 131 Å². The molecule has 3 fully saturated rings. The molecule has 1 aliphatic carbocycles. The minimum atomic E-state index is -0.213. The molecule has 22 heavy (non-hydrogen) atoms. The van der Waals surface area contributed by atoms with Gasteiger partial charge in [-0.25, -0.2) is 0 Å². The van der Waals surface area contributed by atoms with Crippen LogP contribution < -0.4 is 5.32 Å². The molecule has 0 radical (unpaired) electrons. The van der Waals surface area contributed by atoms with Crippen LogP contribution in [0.2, 0.25) is 0 Å². The number of carbonyl (C=O) groups excluding carboxylic acids is 2. The van der Waals surface area contributed by atoms with Crippen LogP contribution in [0.25, 0.3) is 0 Å². The van der Waals surface area contributed by atoms with E-state index in [2.05, 4.69) is 10.2 Å². The maximum atomic E-state index is 12.5. The standard InChI is InChI=1S/C16H27N3O3/c20-14-6-2-1-4-12(14)13-5-3-8-18(13)11-16(22)19-9-7-17-15(21)10-19/h12-14,20H,1-11H2,(H,17,21)/t12-,13-,14+/m1/s1. The topological polar surface area (TPSA) is 72.9 Å². The second kappa shape index (κ2) is 6.96. The minimum absolute atomic E-state index is 0.0482. The van der Waals surface area contributed by atoms with Gasteiger partial charge >= 0.3 is 0 Å². The van der Waals surface area contributed by atoms with Gasteiger partial charge in [-0.15, -0.1) is 0 Å². The molecule has 0 aromatic carbocycles. The molecule has 3 aliphatic rings. The van der Waals surface area contributed by atoms with Crippen LogP contribution in [0.1, 0.15) is 38.5 Å². The van der Waals surface area contributed by atoms with Crippen molar-refractivity contribution in [1.82, 2.24) is 15.1 Å². The summed E-state index contributed by atoms with van der Waals surface area (Å²) < 4.78 is 0. The third-order valence-electron chi connectivity index (χ3n) is 5.42.